The zero-order valence-electron chi connectivity index (χ0n) is 21.2. The number of nitrogens with zero attached hydrogens (tertiary/aromatic N) is 2. The topological polar surface area (TPSA) is 71.0 Å². The van der Waals surface area contributed by atoms with Crippen molar-refractivity contribution in [2.45, 2.75) is 58.8 Å². The number of ketones is 1. The summed E-state index contributed by atoms with van der Waals surface area (Å²) < 4.78 is 5.46. The van der Waals surface area contributed by atoms with Gasteiger partial charge in [-0.3, -0.25) is 14.6 Å². The molecule has 0 aromatic heterocycles. The third kappa shape index (κ3) is 3.83. The smallest absolute Gasteiger partial charge is 0.228 e. The Kier molecular flexibility index (Phi) is 5.78. The highest BCUT2D eigenvalue weighted by atomic mass is 16.5. The van der Waals surface area contributed by atoms with Crippen LogP contribution in [0.3, 0.4) is 0 Å². The Balaban J connectivity index is 1.15. The van der Waals surface area contributed by atoms with Gasteiger partial charge >= 0.3 is 0 Å². The average molecular weight is 478 g/mol. The second kappa shape index (κ2) is 8.72. The van der Waals surface area contributed by atoms with E-state index < -0.39 is 0 Å². The second-order valence-corrected chi connectivity index (χ2v) is 12.1. The molecule has 1 N–H and O–H groups in total. The van der Waals surface area contributed by atoms with Gasteiger partial charge in [0.05, 0.1) is 13.2 Å². The number of carbonyl (C=O) groups is 2. The summed E-state index contributed by atoms with van der Waals surface area (Å²) in [5.74, 6) is 2.29. The van der Waals surface area contributed by atoms with E-state index >= 15 is 0 Å². The zero-order chi connectivity index (χ0) is 24.2. The SMILES string of the molecule is C[C@]12CCC(=O)CC1=NCC1C2CC[C@@]2(C)C1CC[C@@H]2C(=O)Nc1ccc(N2CCOCC2)cc1. The number of morpholine rings is 1. The lowest BCUT2D eigenvalue weighted by Crippen LogP contribution is -2.55. The Labute approximate surface area is 208 Å². The van der Waals surface area contributed by atoms with Gasteiger partial charge in [-0.1, -0.05) is 13.8 Å². The van der Waals surface area contributed by atoms with Crippen LogP contribution in [0, 0.1) is 34.5 Å². The van der Waals surface area contributed by atoms with Crippen molar-refractivity contribution in [3.8, 4) is 0 Å². The minimum Gasteiger partial charge on any atom is -0.378 e. The van der Waals surface area contributed by atoms with Crippen molar-refractivity contribution >= 4 is 28.8 Å². The fourth-order valence-electron chi connectivity index (χ4n) is 8.44. The molecule has 1 amide bonds. The monoisotopic (exact) mass is 477 g/mol. The number of Topliss-reactive ketones (excluding diaryl/α,β-unsaturated/α-hetero) is 1. The first kappa shape index (κ1) is 23.2. The molecule has 3 aliphatic carbocycles. The Morgan fingerprint density at radius 2 is 1.83 bits per heavy atom. The van der Waals surface area contributed by atoms with Gasteiger partial charge in [-0.25, -0.2) is 0 Å². The molecule has 35 heavy (non-hydrogen) atoms. The number of ether oxygens (including phenoxy) is 1. The maximum absolute atomic E-state index is 13.5. The minimum atomic E-state index is 0.0346. The molecule has 4 fully saturated rings. The Morgan fingerprint density at radius 3 is 2.60 bits per heavy atom. The van der Waals surface area contributed by atoms with E-state index in [9.17, 15) is 9.59 Å². The quantitative estimate of drug-likeness (QED) is 0.683. The summed E-state index contributed by atoms with van der Waals surface area (Å²) in [6, 6.07) is 8.30. The molecule has 1 aromatic carbocycles. The van der Waals surface area contributed by atoms with Crippen LogP contribution in [0.25, 0.3) is 0 Å². The van der Waals surface area contributed by atoms with Crippen LogP contribution in [0.1, 0.15) is 58.8 Å². The molecule has 5 aliphatic rings. The molecule has 0 bridgehead atoms. The van der Waals surface area contributed by atoms with Gasteiger partial charge in [-0.2, -0.15) is 0 Å². The van der Waals surface area contributed by atoms with Crippen LogP contribution >= 0.6 is 0 Å². The van der Waals surface area contributed by atoms with Crippen LogP contribution in [0.4, 0.5) is 11.4 Å². The molecule has 6 nitrogen and oxygen atoms in total. The highest BCUT2D eigenvalue weighted by molar-refractivity contribution is 6.07. The summed E-state index contributed by atoms with van der Waals surface area (Å²) in [5, 5.41) is 3.25. The maximum atomic E-state index is 13.5. The molecule has 3 unspecified atom stereocenters. The highest BCUT2D eigenvalue weighted by Gasteiger charge is 2.60. The Hall–Kier alpha value is -2.21. The number of carbonyl (C=O) groups excluding carboxylic acids is 2. The summed E-state index contributed by atoms with van der Waals surface area (Å²) in [6.45, 7) is 8.96. The summed E-state index contributed by atoms with van der Waals surface area (Å²) in [6.07, 6.45) is 6.56. The van der Waals surface area contributed by atoms with Crippen molar-refractivity contribution in [1.82, 2.24) is 0 Å². The zero-order valence-corrected chi connectivity index (χ0v) is 21.2. The number of rotatable bonds is 3. The highest BCUT2D eigenvalue weighted by Crippen LogP contribution is 2.63. The van der Waals surface area contributed by atoms with Crippen LogP contribution < -0.4 is 10.2 Å². The number of hydrogen-bond donors (Lipinski definition) is 1. The molecule has 2 heterocycles. The van der Waals surface area contributed by atoms with E-state index in [1.54, 1.807) is 0 Å². The van der Waals surface area contributed by atoms with Crippen molar-refractivity contribution < 1.29 is 14.3 Å². The van der Waals surface area contributed by atoms with Crippen LogP contribution in [0.5, 0.6) is 0 Å². The van der Waals surface area contributed by atoms with Crippen molar-refractivity contribution in [3.63, 3.8) is 0 Å². The van der Waals surface area contributed by atoms with E-state index in [1.165, 1.54) is 11.4 Å². The van der Waals surface area contributed by atoms with Crippen molar-refractivity contribution in [3.05, 3.63) is 24.3 Å². The lowest BCUT2D eigenvalue weighted by molar-refractivity contribution is -0.127. The first-order valence-corrected chi connectivity index (χ1v) is 13.7. The van der Waals surface area contributed by atoms with Crippen molar-refractivity contribution in [2.24, 2.45) is 39.5 Å². The number of aliphatic imine (C=N–C) groups is 1. The molecule has 0 radical (unpaired) electrons. The minimum absolute atomic E-state index is 0.0346. The molecule has 2 aliphatic heterocycles. The number of anilines is 2. The number of amides is 1. The molecule has 1 aromatic rings. The van der Waals surface area contributed by atoms with Gasteiger partial charge in [0.25, 0.3) is 0 Å². The second-order valence-electron chi connectivity index (χ2n) is 12.1. The third-order valence-electron chi connectivity index (χ3n) is 10.5. The molecule has 1 saturated heterocycles. The normalized spacial score (nSPS) is 38.7. The van der Waals surface area contributed by atoms with Crippen LogP contribution in [0.2, 0.25) is 0 Å². The predicted molar refractivity (Wildman–Crippen MR) is 138 cm³/mol. The molecule has 0 spiro atoms. The fraction of sp³-hybridized carbons (Fsp3) is 0.690. The van der Waals surface area contributed by atoms with E-state index in [4.69, 9.17) is 9.73 Å². The van der Waals surface area contributed by atoms with Crippen molar-refractivity contribution in [1.29, 1.82) is 0 Å². The van der Waals surface area contributed by atoms with Gasteiger partial charge in [0.1, 0.15) is 5.78 Å². The number of fused-ring (bicyclic) bond motifs is 5. The maximum Gasteiger partial charge on any atom is 0.228 e. The first-order chi connectivity index (χ1) is 16.9. The Bertz CT molecular complexity index is 1030. The molecule has 6 atom stereocenters. The Morgan fingerprint density at radius 1 is 1.06 bits per heavy atom. The van der Waals surface area contributed by atoms with E-state index in [1.807, 2.05) is 12.1 Å². The van der Waals surface area contributed by atoms with Crippen LogP contribution in [-0.2, 0) is 14.3 Å². The average Bonchev–Trinajstić information content (AvgIpc) is 3.23. The third-order valence-corrected chi connectivity index (χ3v) is 10.5. The molecule has 3 saturated carbocycles. The van der Waals surface area contributed by atoms with Gasteiger partial charge in [0, 0.05) is 60.9 Å². The number of hydrogen-bond acceptors (Lipinski definition) is 5. The fourth-order valence-corrected chi connectivity index (χ4v) is 8.44. The summed E-state index contributed by atoms with van der Waals surface area (Å²) in [7, 11) is 0. The van der Waals surface area contributed by atoms with Gasteiger partial charge in [0.2, 0.25) is 5.91 Å². The van der Waals surface area contributed by atoms with E-state index in [0.29, 0.717) is 36.4 Å². The van der Waals surface area contributed by atoms with Gasteiger partial charge in [-0.05, 0) is 79.5 Å². The summed E-state index contributed by atoms with van der Waals surface area (Å²) in [5.41, 5.74) is 3.37. The molecule has 188 valence electrons. The van der Waals surface area contributed by atoms with Gasteiger partial charge in [0.15, 0.2) is 0 Å². The van der Waals surface area contributed by atoms with Gasteiger partial charge in [-0.15, -0.1) is 0 Å². The van der Waals surface area contributed by atoms with E-state index in [-0.39, 0.29) is 22.7 Å². The van der Waals surface area contributed by atoms with Crippen LogP contribution in [-0.4, -0.2) is 50.3 Å². The molecule has 6 heteroatoms. The van der Waals surface area contributed by atoms with Crippen molar-refractivity contribution in [2.75, 3.05) is 43.1 Å². The summed E-state index contributed by atoms with van der Waals surface area (Å²) in [4.78, 5) is 33.0. The van der Waals surface area contributed by atoms with Crippen LogP contribution in [0.15, 0.2) is 29.3 Å². The lowest BCUT2D eigenvalue weighted by Gasteiger charge is -2.56. The largest absolute Gasteiger partial charge is 0.378 e. The number of nitrogens with one attached hydrogen (secondary N) is 1. The van der Waals surface area contributed by atoms with Gasteiger partial charge < -0.3 is 15.0 Å². The predicted octanol–water partition coefficient (Wildman–Crippen LogP) is 4.73. The number of benzene rings is 1. The van der Waals surface area contributed by atoms with E-state index in [0.717, 1.165) is 70.6 Å². The van der Waals surface area contributed by atoms with E-state index in [2.05, 4.69) is 36.2 Å². The summed E-state index contributed by atoms with van der Waals surface area (Å²) >= 11 is 0. The molecule has 6 rings (SSSR count). The lowest BCUT2D eigenvalue weighted by atomic mass is 9.49. The standard InChI is InChI=1S/C29H39N3O3/c1-28-12-10-24-22(18-30-26-17-21(33)9-11-29(24,26)2)23(28)7-8-25(28)27(34)31-19-3-5-20(6-4-19)32-13-15-35-16-14-32/h3-6,22-25H,7-18H2,1-2H3,(H,31,34)/t22?,23?,24?,25-,28+,29-/m1/s1. The molecular formula is C29H39N3O3. The molecular weight excluding hydrogens is 438 g/mol. The first-order valence-electron chi connectivity index (χ1n) is 13.7.